The van der Waals surface area contributed by atoms with E-state index in [1.54, 1.807) is 23.1 Å². The fourth-order valence-corrected chi connectivity index (χ4v) is 5.24. The molecule has 0 saturated carbocycles. The predicted molar refractivity (Wildman–Crippen MR) is 162 cm³/mol. The number of nitrogens with zero attached hydrogens (tertiary/aromatic N) is 6. The first-order chi connectivity index (χ1) is 20.8. The number of carbonyl (C=O) groups excluding carboxylic acids is 2. The first-order valence-electron chi connectivity index (χ1n) is 14.4. The molecule has 0 aliphatic carbocycles. The second kappa shape index (κ2) is 13.6. The highest BCUT2D eigenvalue weighted by atomic mass is 16.5. The molecule has 11 heteroatoms. The summed E-state index contributed by atoms with van der Waals surface area (Å²) in [6.45, 7) is 5.43. The van der Waals surface area contributed by atoms with Gasteiger partial charge < -0.3 is 20.1 Å². The van der Waals surface area contributed by atoms with Crippen molar-refractivity contribution in [2.75, 3.05) is 32.1 Å². The summed E-state index contributed by atoms with van der Waals surface area (Å²) in [5.74, 6) is -0.164. The van der Waals surface area contributed by atoms with Gasteiger partial charge in [-0.2, -0.15) is 0 Å². The molecule has 1 aliphatic heterocycles. The minimum atomic E-state index is -0.388. The summed E-state index contributed by atoms with van der Waals surface area (Å²) < 4.78 is 7.82. The molecule has 43 heavy (non-hydrogen) atoms. The highest BCUT2D eigenvalue weighted by Crippen LogP contribution is 2.31. The van der Waals surface area contributed by atoms with E-state index in [1.807, 2.05) is 25.1 Å². The van der Waals surface area contributed by atoms with Gasteiger partial charge in [0.25, 0.3) is 5.91 Å². The molecule has 0 bridgehead atoms. The van der Waals surface area contributed by atoms with Gasteiger partial charge >= 0.3 is 0 Å². The van der Waals surface area contributed by atoms with E-state index in [0.29, 0.717) is 30.1 Å². The highest BCUT2D eigenvalue weighted by Gasteiger charge is 2.33. The summed E-state index contributed by atoms with van der Waals surface area (Å²) in [7, 11) is 2.06. The first-order valence-corrected chi connectivity index (χ1v) is 14.4. The molecule has 2 N–H and O–H groups in total. The molecule has 2 heterocycles. The van der Waals surface area contributed by atoms with E-state index in [0.717, 1.165) is 6.54 Å². The van der Waals surface area contributed by atoms with Crippen molar-refractivity contribution in [1.82, 2.24) is 30.0 Å². The summed E-state index contributed by atoms with van der Waals surface area (Å²) in [6.07, 6.45) is 1.12. The van der Waals surface area contributed by atoms with E-state index in [4.69, 9.17) is 4.74 Å². The number of tetrazole rings is 1. The van der Waals surface area contributed by atoms with E-state index < -0.39 is 0 Å². The van der Waals surface area contributed by atoms with Crippen molar-refractivity contribution in [3.8, 4) is 16.9 Å². The van der Waals surface area contributed by atoms with Gasteiger partial charge in [-0.1, -0.05) is 61.5 Å². The molecule has 11 nitrogen and oxygen atoms in total. The topological polar surface area (TPSA) is 126 Å². The standard InChI is InChI=1S/C32H37N7O4/c1-22-16-39(23(2)20-40)32(42)28-15-27(34-31(41)19-38-21-33-35-36-38)13-14-29(28)43-30(22)18-37(3)17-24-9-11-26(12-10-24)25-7-5-4-6-8-25/h4-15,21-23,30,40H,16-20H2,1-3H3,(H,34,41)/t22-,23-,30+/m1/s1. The Morgan fingerprint density at radius 3 is 2.56 bits per heavy atom. The van der Waals surface area contributed by atoms with Crippen LogP contribution in [-0.2, 0) is 17.9 Å². The van der Waals surface area contributed by atoms with Gasteiger partial charge in [0.15, 0.2) is 0 Å². The van der Waals surface area contributed by atoms with E-state index in [1.165, 1.54) is 27.7 Å². The zero-order chi connectivity index (χ0) is 30.3. The SMILES string of the molecule is C[C@@H]1CN([C@H](C)CO)C(=O)c2cc(NC(=O)Cn3cnnn3)ccc2O[C@H]1CN(C)Cc1ccc(-c2ccccc2)cc1. The van der Waals surface area contributed by atoms with Crippen molar-refractivity contribution in [2.24, 2.45) is 5.92 Å². The second-order valence-electron chi connectivity index (χ2n) is 11.1. The van der Waals surface area contributed by atoms with Gasteiger partial charge in [-0.05, 0) is 59.3 Å². The molecular weight excluding hydrogens is 546 g/mol. The zero-order valence-electron chi connectivity index (χ0n) is 24.6. The Bertz CT molecular complexity index is 1510. The number of nitrogens with one attached hydrogen (secondary N) is 1. The van der Waals surface area contributed by atoms with Gasteiger partial charge in [0, 0.05) is 31.2 Å². The van der Waals surface area contributed by atoms with Crippen molar-refractivity contribution in [3.63, 3.8) is 0 Å². The lowest BCUT2D eigenvalue weighted by molar-refractivity contribution is -0.116. The number of fused-ring (bicyclic) bond motifs is 1. The monoisotopic (exact) mass is 583 g/mol. The molecular formula is C32H37N7O4. The fourth-order valence-electron chi connectivity index (χ4n) is 5.24. The number of ether oxygens (including phenoxy) is 1. The van der Waals surface area contributed by atoms with Crippen LogP contribution in [0, 0.1) is 5.92 Å². The van der Waals surface area contributed by atoms with Crippen LogP contribution in [0.1, 0.15) is 29.8 Å². The fraction of sp³-hybridized carbons (Fsp3) is 0.344. The maximum absolute atomic E-state index is 13.7. The summed E-state index contributed by atoms with van der Waals surface area (Å²) in [5.41, 5.74) is 4.33. The number of carbonyl (C=O) groups is 2. The van der Waals surface area contributed by atoms with Crippen molar-refractivity contribution in [2.45, 2.75) is 39.1 Å². The average Bonchev–Trinajstić information content (AvgIpc) is 3.52. The lowest BCUT2D eigenvalue weighted by atomic mass is 9.99. The van der Waals surface area contributed by atoms with Gasteiger partial charge in [0.1, 0.15) is 24.7 Å². The number of aliphatic hydroxyl groups is 1. The number of rotatable bonds is 10. The molecule has 224 valence electrons. The molecule has 0 radical (unpaired) electrons. The van der Waals surface area contributed by atoms with Crippen LogP contribution >= 0.6 is 0 Å². The Hall–Kier alpha value is -4.61. The van der Waals surface area contributed by atoms with Crippen molar-refractivity contribution < 1.29 is 19.4 Å². The minimum absolute atomic E-state index is 0.00956. The Labute approximate surface area is 251 Å². The zero-order valence-corrected chi connectivity index (χ0v) is 24.6. The minimum Gasteiger partial charge on any atom is -0.488 e. The van der Waals surface area contributed by atoms with Crippen LogP contribution in [0.15, 0.2) is 79.1 Å². The third-order valence-electron chi connectivity index (χ3n) is 7.65. The van der Waals surface area contributed by atoms with Crippen LogP contribution in [0.2, 0.25) is 0 Å². The maximum Gasteiger partial charge on any atom is 0.258 e. The largest absolute Gasteiger partial charge is 0.488 e. The molecule has 0 spiro atoms. The van der Waals surface area contributed by atoms with E-state index >= 15 is 0 Å². The van der Waals surface area contributed by atoms with Gasteiger partial charge in [0.2, 0.25) is 5.91 Å². The number of hydrogen-bond donors (Lipinski definition) is 2. The van der Waals surface area contributed by atoms with Crippen LogP contribution in [0.3, 0.4) is 0 Å². The summed E-state index contributed by atoms with van der Waals surface area (Å²) >= 11 is 0. The van der Waals surface area contributed by atoms with Crippen LogP contribution in [0.25, 0.3) is 11.1 Å². The van der Waals surface area contributed by atoms with Crippen molar-refractivity contribution in [3.05, 3.63) is 90.3 Å². The number of anilines is 1. The summed E-state index contributed by atoms with van der Waals surface area (Å²) in [5, 5.41) is 23.5. The normalized spacial score (nSPS) is 17.5. The van der Waals surface area contributed by atoms with Crippen LogP contribution in [0.5, 0.6) is 5.75 Å². The van der Waals surface area contributed by atoms with E-state index in [2.05, 4.69) is 76.1 Å². The molecule has 4 aromatic rings. The molecule has 0 saturated heterocycles. The number of aromatic nitrogens is 4. The smallest absolute Gasteiger partial charge is 0.258 e. The average molecular weight is 584 g/mol. The highest BCUT2D eigenvalue weighted by molar-refractivity contribution is 5.99. The lowest BCUT2D eigenvalue weighted by Gasteiger charge is -2.38. The van der Waals surface area contributed by atoms with Crippen LogP contribution in [-0.4, -0.2) is 85.8 Å². The van der Waals surface area contributed by atoms with E-state index in [9.17, 15) is 14.7 Å². The Morgan fingerprint density at radius 2 is 1.86 bits per heavy atom. The molecule has 1 aromatic heterocycles. The third kappa shape index (κ3) is 7.43. The lowest BCUT2D eigenvalue weighted by Crippen LogP contribution is -2.49. The molecule has 0 fully saturated rings. The first kappa shape index (κ1) is 29.9. The summed E-state index contributed by atoms with van der Waals surface area (Å²) in [6, 6.07) is 23.5. The maximum atomic E-state index is 13.7. The van der Waals surface area contributed by atoms with Gasteiger partial charge in [-0.3, -0.25) is 14.5 Å². The molecule has 3 aromatic carbocycles. The van der Waals surface area contributed by atoms with Gasteiger partial charge in [-0.25, -0.2) is 4.68 Å². The number of aliphatic hydroxyl groups excluding tert-OH is 1. The Morgan fingerprint density at radius 1 is 1.12 bits per heavy atom. The number of benzene rings is 3. The molecule has 0 unspecified atom stereocenters. The molecule has 1 aliphatic rings. The summed E-state index contributed by atoms with van der Waals surface area (Å²) in [4.78, 5) is 30.2. The molecule has 5 rings (SSSR count). The van der Waals surface area contributed by atoms with E-state index in [-0.39, 0.29) is 43.0 Å². The number of amides is 2. The van der Waals surface area contributed by atoms with Crippen molar-refractivity contribution >= 4 is 17.5 Å². The van der Waals surface area contributed by atoms with Gasteiger partial charge in [-0.15, -0.1) is 5.10 Å². The molecule has 2 amide bonds. The number of hydrogen-bond acceptors (Lipinski definition) is 8. The quantitative estimate of drug-likeness (QED) is 0.291. The van der Waals surface area contributed by atoms with Gasteiger partial charge in [0.05, 0.1) is 18.2 Å². The number of likely N-dealkylation sites (N-methyl/N-ethyl adjacent to an activating group) is 1. The predicted octanol–water partition coefficient (Wildman–Crippen LogP) is 3.33. The second-order valence-corrected chi connectivity index (χ2v) is 11.1. The molecule has 3 atom stereocenters. The van der Waals surface area contributed by atoms with Crippen molar-refractivity contribution in [1.29, 1.82) is 0 Å². The third-order valence-corrected chi connectivity index (χ3v) is 7.65. The Balaban J connectivity index is 1.32. The van der Waals surface area contributed by atoms with Crippen LogP contribution in [0.4, 0.5) is 5.69 Å². The Kier molecular flexibility index (Phi) is 9.43. The van der Waals surface area contributed by atoms with Crippen LogP contribution < -0.4 is 10.1 Å².